The summed E-state index contributed by atoms with van der Waals surface area (Å²) < 4.78 is 0. The maximum atomic E-state index is 12.8. The van der Waals surface area contributed by atoms with Crippen LogP contribution in [0.25, 0.3) is 0 Å². The Morgan fingerprint density at radius 3 is 2.43 bits per heavy atom. The molecule has 166 valence electrons. The quantitative estimate of drug-likeness (QED) is 0.715. The van der Waals surface area contributed by atoms with E-state index in [1.165, 1.54) is 6.42 Å². The molecule has 30 heavy (non-hydrogen) atoms. The van der Waals surface area contributed by atoms with E-state index in [1.54, 1.807) is 30.0 Å². The van der Waals surface area contributed by atoms with Gasteiger partial charge >= 0.3 is 6.03 Å². The van der Waals surface area contributed by atoms with E-state index in [9.17, 15) is 9.59 Å². The van der Waals surface area contributed by atoms with Gasteiger partial charge in [-0.2, -0.15) is 0 Å². The van der Waals surface area contributed by atoms with Crippen LogP contribution < -0.4 is 5.32 Å². The maximum absolute atomic E-state index is 12.8. The summed E-state index contributed by atoms with van der Waals surface area (Å²) in [6, 6.07) is 4.14. The summed E-state index contributed by atoms with van der Waals surface area (Å²) in [6.07, 6.45) is 2.27. The SMILES string of the molecule is C[C@H]1C[C@H](C)CN(CCCN2CCN(C(=O)Nc3ccc(Cl)c(Cl)c3)[C@@H](C)C2=O)C1. The van der Waals surface area contributed by atoms with Gasteiger partial charge in [-0.3, -0.25) is 4.79 Å². The third-order valence-corrected chi connectivity index (χ3v) is 6.77. The third-order valence-electron chi connectivity index (χ3n) is 6.03. The highest BCUT2D eigenvalue weighted by Gasteiger charge is 2.34. The lowest BCUT2D eigenvalue weighted by molar-refractivity contribution is -0.139. The molecule has 3 amide bonds. The molecule has 1 aromatic rings. The Balaban J connectivity index is 1.48. The third kappa shape index (κ3) is 5.80. The molecular weight excluding hydrogens is 423 g/mol. The van der Waals surface area contributed by atoms with Crippen LogP contribution in [0.1, 0.15) is 33.6 Å². The minimum Gasteiger partial charge on any atom is -0.339 e. The van der Waals surface area contributed by atoms with Gasteiger partial charge in [0.05, 0.1) is 10.0 Å². The summed E-state index contributed by atoms with van der Waals surface area (Å²) in [5.41, 5.74) is 0.557. The number of piperazine rings is 1. The molecule has 0 aromatic heterocycles. The minimum atomic E-state index is -0.489. The summed E-state index contributed by atoms with van der Waals surface area (Å²) in [5, 5.41) is 3.61. The Bertz CT molecular complexity index is 766. The molecule has 0 unspecified atom stereocenters. The van der Waals surface area contributed by atoms with Crippen LogP contribution in [0.15, 0.2) is 18.2 Å². The zero-order chi connectivity index (χ0) is 21.8. The number of nitrogens with zero attached hydrogens (tertiary/aromatic N) is 3. The van der Waals surface area contributed by atoms with Gasteiger partial charge in [-0.25, -0.2) is 4.79 Å². The number of likely N-dealkylation sites (tertiary alicyclic amines) is 1. The second kappa shape index (κ2) is 10.2. The van der Waals surface area contributed by atoms with E-state index in [4.69, 9.17) is 23.2 Å². The molecule has 0 spiro atoms. The fourth-order valence-corrected chi connectivity index (χ4v) is 4.96. The standard InChI is InChI=1S/C22H32Cl2N4O2/c1-15-11-16(2)14-26(13-15)7-4-8-27-9-10-28(17(3)21(27)29)22(30)25-18-5-6-19(23)20(24)12-18/h5-6,12,15-17H,4,7-11,13-14H2,1-3H3,(H,25,30)/t15-,16-,17-/m0/s1. The molecule has 0 saturated carbocycles. The van der Waals surface area contributed by atoms with Crippen LogP contribution >= 0.6 is 23.2 Å². The molecule has 0 aliphatic carbocycles. The summed E-state index contributed by atoms with van der Waals surface area (Å²) in [7, 11) is 0. The van der Waals surface area contributed by atoms with E-state index in [0.29, 0.717) is 28.8 Å². The molecule has 2 fully saturated rings. The van der Waals surface area contributed by atoms with Gasteiger partial charge in [0.1, 0.15) is 6.04 Å². The Morgan fingerprint density at radius 1 is 1.07 bits per heavy atom. The Kier molecular flexibility index (Phi) is 7.88. The van der Waals surface area contributed by atoms with E-state index < -0.39 is 6.04 Å². The van der Waals surface area contributed by atoms with E-state index >= 15 is 0 Å². The van der Waals surface area contributed by atoms with Crippen LogP contribution in [0, 0.1) is 11.8 Å². The Hall–Kier alpha value is -1.50. The fraction of sp³-hybridized carbons (Fsp3) is 0.636. The average molecular weight is 455 g/mol. The number of benzene rings is 1. The van der Waals surface area contributed by atoms with Crippen LogP contribution in [0.2, 0.25) is 10.0 Å². The van der Waals surface area contributed by atoms with E-state index in [2.05, 4.69) is 24.1 Å². The first-order valence-corrected chi connectivity index (χ1v) is 11.5. The van der Waals surface area contributed by atoms with Gasteiger partial charge in [0, 0.05) is 38.4 Å². The highest BCUT2D eigenvalue weighted by Crippen LogP contribution is 2.25. The summed E-state index contributed by atoms with van der Waals surface area (Å²) in [5.74, 6) is 1.49. The number of hydrogen-bond acceptors (Lipinski definition) is 3. The molecule has 2 aliphatic heterocycles. The van der Waals surface area contributed by atoms with Gasteiger partial charge in [0.15, 0.2) is 0 Å². The number of anilines is 1. The lowest BCUT2D eigenvalue weighted by Crippen LogP contribution is -2.58. The number of rotatable bonds is 5. The predicted octanol–water partition coefficient (Wildman–Crippen LogP) is 4.43. The number of hydrogen-bond donors (Lipinski definition) is 1. The highest BCUT2D eigenvalue weighted by atomic mass is 35.5. The molecule has 1 aromatic carbocycles. The van der Waals surface area contributed by atoms with Gasteiger partial charge in [-0.15, -0.1) is 0 Å². The number of piperidine rings is 1. The lowest BCUT2D eigenvalue weighted by atomic mass is 9.92. The summed E-state index contributed by atoms with van der Waals surface area (Å²) in [6.45, 7) is 11.6. The molecule has 6 nitrogen and oxygen atoms in total. The zero-order valence-electron chi connectivity index (χ0n) is 18.0. The van der Waals surface area contributed by atoms with Crippen molar-refractivity contribution in [2.45, 2.75) is 39.7 Å². The van der Waals surface area contributed by atoms with Crippen LogP contribution in [0.4, 0.5) is 10.5 Å². The van der Waals surface area contributed by atoms with Crippen molar-refractivity contribution in [1.82, 2.24) is 14.7 Å². The smallest absolute Gasteiger partial charge is 0.322 e. The van der Waals surface area contributed by atoms with Crippen molar-refractivity contribution in [3.63, 3.8) is 0 Å². The fourth-order valence-electron chi connectivity index (χ4n) is 4.66. The molecule has 1 N–H and O–H groups in total. The predicted molar refractivity (Wildman–Crippen MR) is 122 cm³/mol. The van der Waals surface area contributed by atoms with Crippen LogP contribution in [0.3, 0.4) is 0 Å². The Morgan fingerprint density at radius 2 is 1.77 bits per heavy atom. The van der Waals surface area contributed by atoms with E-state index in [-0.39, 0.29) is 11.9 Å². The highest BCUT2D eigenvalue weighted by molar-refractivity contribution is 6.42. The molecule has 2 saturated heterocycles. The molecule has 8 heteroatoms. The monoisotopic (exact) mass is 454 g/mol. The zero-order valence-corrected chi connectivity index (χ0v) is 19.5. The van der Waals surface area contributed by atoms with Crippen molar-refractivity contribution < 1.29 is 9.59 Å². The molecule has 2 aliphatic rings. The first kappa shape index (κ1) is 23.2. The lowest BCUT2D eigenvalue weighted by Gasteiger charge is -2.39. The molecular formula is C22H32Cl2N4O2. The number of halogens is 2. The second-order valence-corrected chi connectivity index (χ2v) is 9.63. The van der Waals surface area contributed by atoms with Crippen LogP contribution in [-0.4, -0.2) is 71.9 Å². The van der Waals surface area contributed by atoms with Crippen molar-refractivity contribution in [2.75, 3.05) is 44.6 Å². The normalized spacial score (nSPS) is 25.5. The van der Waals surface area contributed by atoms with Gasteiger partial charge in [-0.1, -0.05) is 37.0 Å². The van der Waals surface area contributed by atoms with E-state index in [1.807, 2.05) is 4.90 Å². The molecule has 3 rings (SSSR count). The van der Waals surface area contributed by atoms with Crippen molar-refractivity contribution in [3.05, 3.63) is 28.2 Å². The van der Waals surface area contributed by atoms with E-state index in [0.717, 1.165) is 44.4 Å². The molecule has 0 bridgehead atoms. The number of amides is 3. The number of urea groups is 1. The molecule has 3 atom stereocenters. The largest absolute Gasteiger partial charge is 0.339 e. The first-order valence-electron chi connectivity index (χ1n) is 10.8. The van der Waals surface area contributed by atoms with Crippen molar-refractivity contribution >= 4 is 40.8 Å². The molecule has 2 heterocycles. The van der Waals surface area contributed by atoms with Gasteiger partial charge in [-0.05, 0) is 56.3 Å². The van der Waals surface area contributed by atoms with Crippen molar-refractivity contribution in [2.24, 2.45) is 11.8 Å². The van der Waals surface area contributed by atoms with Crippen molar-refractivity contribution in [1.29, 1.82) is 0 Å². The number of nitrogens with one attached hydrogen (secondary N) is 1. The number of carbonyl (C=O) groups is 2. The van der Waals surface area contributed by atoms with Crippen LogP contribution in [-0.2, 0) is 4.79 Å². The van der Waals surface area contributed by atoms with Gasteiger partial charge in [0.25, 0.3) is 0 Å². The van der Waals surface area contributed by atoms with Gasteiger partial charge < -0.3 is 20.0 Å². The minimum absolute atomic E-state index is 0.00548. The number of carbonyl (C=O) groups excluding carboxylic acids is 2. The summed E-state index contributed by atoms with van der Waals surface area (Å²) in [4.78, 5) is 31.5. The topological polar surface area (TPSA) is 55.9 Å². The average Bonchev–Trinajstić information content (AvgIpc) is 2.67. The summed E-state index contributed by atoms with van der Waals surface area (Å²) >= 11 is 11.9. The van der Waals surface area contributed by atoms with Crippen LogP contribution in [0.5, 0.6) is 0 Å². The first-order chi connectivity index (χ1) is 14.2. The molecule has 0 radical (unpaired) electrons. The Labute approximate surface area is 189 Å². The second-order valence-electron chi connectivity index (χ2n) is 8.81. The van der Waals surface area contributed by atoms with Gasteiger partial charge in [0.2, 0.25) is 5.91 Å². The van der Waals surface area contributed by atoms with Crippen molar-refractivity contribution in [3.8, 4) is 0 Å². The maximum Gasteiger partial charge on any atom is 0.322 e.